The Kier molecular flexibility index (Phi) is 3.65. The van der Waals surface area contributed by atoms with Gasteiger partial charge in [0.05, 0.1) is 11.2 Å². The molecule has 1 heterocycles. The van der Waals surface area contributed by atoms with Crippen molar-refractivity contribution < 1.29 is 18.8 Å². The number of carbonyl (C=O) groups is 1. The van der Waals surface area contributed by atoms with Crippen LogP contribution in [0.15, 0.2) is 36.1 Å². The van der Waals surface area contributed by atoms with Crippen LogP contribution >= 0.6 is 0 Å². The van der Waals surface area contributed by atoms with Crippen LogP contribution in [-0.2, 0) is 14.1 Å². The van der Waals surface area contributed by atoms with Crippen molar-refractivity contribution >= 4 is 18.4 Å². The fraction of sp³-hybridized carbons (Fsp3) is 0.471. The van der Waals surface area contributed by atoms with Crippen LogP contribution in [0.1, 0.15) is 40.5 Å². The third kappa shape index (κ3) is 2.71. The van der Waals surface area contributed by atoms with E-state index in [0.29, 0.717) is 17.9 Å². The predicted octanol–water partition coefficient (Wildman–Crippen LogP) is 2.61. The van der Waals surface area contributed by atoms with Crippen molar-refractivity contribution in [3.8, 4) is 5.75 Å². The quantitative estimate of drug-likeness (QED) is 0.805. The largest absolute Gasteiger partial charge is 0.494 e. The molecule has 0 radical (unpaired) electrons. The minimum atomic E-state index is -0.383. The van der Waals surface area contributed by atoms with Crippen molar-refractivity contribution in [3.05, 3.63) is 36.1 Å². The van der Waals surface area contributed by atoms with Gasteiger partial charge in [-0.1, -0.05) is 12.1 Å². The van der Waals surface area contributed by atoms with Crippen LogP contribution in [0.3, 0.4) is 0 Å². The van der Waals surface area contributed by atoms with Crippen LogP contribution < -0.4 is 10.2 Å². The van der Waals surface area contributed by atoms with Crippen molar-refractivity contribution in [2.24, 2.45) is 0 Å². The second-order valence-corrected chi connectivity index (χ2v) is 6.79. The maximum Gasteiger partial charge on any atom is 0.494 e. The Morgan fingerprint density at radius 2 is 1.64 bits per heavy atom. The molecule has 5 heteroatoms. The molecule has 0 atom stereocenters. The molecule has 0 bridgehead atoms. The summed E-state index contributed by atoms with van der Waals surface area (Å²) in [6.07, 6.45) is 3.14. The molecule has 0 amide bonds. The molecular weight excluding hydrogens is 279 g/mol. The number of hydrogen-bond acceptors (Lipinski definition) is 4. The van der Waals surface area contributed by atoms with E-state index in [-0.39, 0.29) is 24.1 Å². The Hall–Kier alpha value is -1.59. The molecule has 1 aliphatic heterocycles. The standard InChI is InChI=1S/C17H21BO4/c1-16(2)17(3,4)22-18(21-16)12-8-10-13(11-9-12)20-15-7-5-6-14(15)19/h7-11H,5-6H2,1-4H3. The molecule has 1 fully saturated rings. The first-order chi connectivity index (χ1) is 10.3. The van der Waals surface area contributed by atoms with Crippen LogP contribution in [0.5, 0.6) is 5.75 Å². The Bertz CT molecular complexity index is 600. The average molecular weight is 300 g/mol. The summed E-state index contributed by atoms with van der Waals surface area (Å²) in [5, 5.41) is 0. The Labute approximate surface area is 131 Å². The summed E-state index contributed by atoms with van der Waals surface area (Å²) in [5.41, 5.74) is 0.236. The SMILES string of the molecule is CC1(C)OB(c2ccc(OC3=CCCC3=O)cc2)OC1(C)C. The van der Waals surface area contributed by atoms with Gasteiger partial charge in [0.2, 0.25) is 0 Å². The normalized spacial score (nSPS) is 22.8. The number of allylic oxidation sites excluding steroid dienone is 2. The van der Waals surface area contributed by atoms with Gasteiger partial charge in [0.25, 0.3) is 0 Å². The van der Waals surface area contributed by atoms with Crippen LogP contribution in [0.25, 0.3) is 0 Å². The van der Waals surface area contributed by atoms with E-state index in [1.165, 1.54) is 0 Å². The molecule has 0 spiro atoms. The van der Waals surface area contributed by atoms with Crippen LogP contribution in [0.4, 0.5) is 0 Å². The molecule has 4 nitrogen and oxygen atoms in total. The highest BCUT2D eigenvalue weighted by Crippen LogP contribution is 2.36. The molecule has 1 aliphatic carbocycles. The molecule has 0 N–H and O–H groups in total. The first-order valence-corrected chi connectivity index (χ1v) is 7.65. The first kappa shape index (κ1) is 15.3. The lowest BCUT2D eigenvalue weighted by Gasteiger charge is -2.32. The van der Waals surface area contributed by atoms with Crippen molar-refractivity contribution in [2.75, 3.05) is 0 Å². The molecule has 1 aromatic carbocycles. The Morgan fingerprint density at radius 1 is 1.05 bits per heavy atom. The Balaban J connectivity index is 1.71. The van der Waals surface area contributed by atoms with E-state index < -0.39 is 0 Å². The van der Waals surface area contributed by atoms with Crippen LogP contribution in [0.2, 0.25) is 0 Å². The molecule has 22 heavy (non-hydrogen) atoms. The molecule has 0 saturated carbocycles. The molecule has 3 rings (SSSR count). The monoisotopic (exact) mass is 300 g/mol. The topological polar surface area (TPSA) is 44.8 Å². The predicted molar refractivity (Wildman–Crippen MR) is 85.1 cm³/mol. The van der Waals surface area contributed by atoms with Crippen LogP contribution in [0, 0.1) is 0 Å². The maximum atomic E-state index is 11.6. The zero-order chi connectivity index (χ0) is 16.0. The summed E-state index contributed by atoms with van der Waals surface area (Å²) < 4.78 is 17.6. The van der Waals surface area contributed by atoms with Gasteiger partial charge in [-0.3, -0.25) is 4.79 Å². The summed E-state index contributed by atoms with van der Waals surface area (Å²) >= 11 is 0. The van der Waals surface area contributed by atoms with Gasteiger partial charge in [0, 0.05) is 6.42 Å². The second kappa shape index (κ2) is 5.25. The highest BCUT2D eigenvalue weighted by atomic mass is 16.7. The van der Waals surface area contributed by atoms with Crippen molar-refractivity contribution in [1.29, 1.82) is 0 Å². The van der Waals surface area contributed by atoms with Crippen molar-refractivity contribution in [1.82, 2.24) is 0 Å². The van der Waals surface area contributed by atoms with Crippen molar-refractivity contribution in [2.45, 2.75) is 51.7 Å². The van der Waals surface area contributed by atoms with Crippen molar-refractivity contribution in [3.63, 3.8) is 0 Å². The molecule has 116 valence electrons. The highest BCUT2D eigenvalue weighted by Gasteiger charge is 2.51. The summed E-state index contributed by atoms with van der Waals surface area (Å²) in [6.45, 7) is 8.12. The lowest BCUT2D eigenvalue weighted by molar-refractivity contribution is -0.116. The van der Waals surface area contributed by atoms with Gasteiger partial charge in [0.1, 0.15) is 5.75 Å². The van der Waals surface area contributed by atoms with E-state index in [4.69, 9.17) is 14.0 Å². The molecule has 0 unspecified atom stereocenters. The third-order valence-electron chi connectivity index (χ3n) is 4.61. The number of rotatable bonds is 3. The molecule has 1 aromatic rings. The molecular formula is C17H21BO4. The van der Waals surface area contributed by atoms with E-state index in [1.54, 1.807) is 0 Å². The van der Waals surface area contributed by atoms with Gasteiger partial charge < -0.3 is 14.0 Å². The summed E-state index contributed by atoms with van der Waals surface area (Å²) in [7, 11) is -0.383. The van der Waals surface area contributed by atoms with E-state index >= 15 is 0 Å². The van der Waals surface area contributed by atoms with Gasteiger partial charge in [-0.2, -0.15) is 0 Å². The minimum Gasteiger partial charge on any atom is -0.454 e. The molecule has 0 aromatic heterocycles. The molecule has 1 saturated heterocycles. The number of hydrogen-bond donors (Lipinski definition) is 0. The highest BCUT2D eigenvalue weighted by molar-refractivity contribution is 6.62. The fourth-order valence-electron chi connectivity index (χ4n) is 2.47. The zero-order valence-corrected chi connectivity index (χ0v) is 13.5. The molecule has 2 aliphatic rings. The van der Waals surface area contributed by atoms with Gasteiger partial charge in [-0.15, -0.1) is 0 Å². The third-order valence-corrected chi connectivity index (χ3v) is 4.61. The number of ketones is 1. The smallest absolute Gasteiger partial charge is 0.454 e. The van der Waals surface area contributed by atoms with Gasteiger partial charge >= 0.3 is 7.12 Å². The second-order valence-electron chi connectivity index (χ2n) is 6.79. The maximum absolute atomic E-state index is 11.6. The summed E-state index contributed by atoms with van der Waals surface area (Å²) in [6, 6.07) is 7.51. The van der Waals surface area contributed by atoms with Crippen LogP contribution in [-0.4, -0.2) is 24.1 Å². The van der Waals surface area contributed by atoms with E-state index in [1.807, 2.05) is 58.0 Å². The van der Waals surface area contributed by atoms with Gasteiger partial charge in [-0.05, 0) is 57.8 Å². The zero-order valence-electron chi connectivity index (χ0n) is 13.5. The lowest BCUT2D eigenvalue weighted by atomic mass is 9.79. The number of Topliss-reactive ketones (excluding diaryl/α,β-unsaturated/α-hetero) is 1. The van der Waals surface area contributed by atoms with Gasteiger partial charge in [0.15, 0.2) is 11.5 Å². The number of carbonyl (C=O) groups excluding carboxylic acids is 1. The minimum absolute atomic E-state index is 0.0648. The fourth-order valence-corrected chi connectivity index (χ4v) is 2.47. The lowest BCUT2D eigenvalue weighted by Crippen LogP contribution is -2.41. The van der Waals surface area contributed by atoms with E-state index in [9.17, 15) is 4.79 Å². The summed E-state index contributed by atoms with van der Waals surface area (Å²) in [4.78, 5) is 11.6. The number of benzene rings is 1. The average Bonchev–Trinajstić information content (AvgIpc) is 2.92. The Morgan fingerprint density at radius 3 is 2.14 bits per heavy atom. The van der Waals surface area contributed by atoms with E-state index in [0.717, 1.165) is 11.9 Å². The summed E-state index contributed by atoms with van der Waals surface area (Å²) in [5.74, 6) is 1.17. The number of ether oxygens (including phenoxy) is 1. The van der Waals surface area contributed by atoms with Gasteiger partial charge in [-0.25, -0.2) is 0 Å². The van der Waals surface area contributed by atoms with E-state index in [2.05, 4.69) is 0 Å². The first-order valence-electron chi connectivity index (χ1n) is 7.65.